The molecule has 1 aliphatic rings. The van der Waals surface area contributed by atoms with E-state index in [1.165, 1.54) is 24.3 Å². The third-order valence-electron chi connectivity index (χ3n) is 4.49. The SMILES string of the molecule is Cc1ccccc1NS(=O)(=O)c1ccc(C(=O)NCC2CCCN2)cc1. The van der Waals surface area contributed by atoms with E-state index in [9.17, 15) is 13.2 Å². The fourth-order valence-corrected chi connectivity index (χ4v) is 4.06. The minimum Gasteiger partial charge on any atom is -0.350 e. The summed E-state index contributed by atoms with van der Waals surface area (Å²) in [5.74, 6) is -0.200. The fourth-order valence-electron chi connectivity index (χ4n) is 2.93. The van der Waals surface area contributed by atoms with E-state index in [1.807, 2.05) is 19.1 Å². The second-order valence-corrected chi connectivity index (χ2v) is 8.13. The molecule has 0 spiro atoms. The Morgan fingerprint density at radius 2 is 1.88 bits per heavy atom. The molecule has 7 heteroatoms. The van der Waals surface area contributed by atoms with E-state index in [4.69, 9.17) is 0 Å². The molecule has 0 aliphatic carbocycles. The van der Waals surface area contributed by atoms with Crippen LogP contribution in [0, 0.1) is 6.92 Å². The van der Waals surface area contributed by atoms with Gasteiger partial charge in [0.2, 0.25) is 0 Å². The second-order valence-electron chi connectivity index (χ2n) is 6.45. The maximum Gasteiger partial charge on any atom is 0.261 e. The highest BCUT2D eigenvalue weighted by atomic mass is 32.2. The van der Waals surface area contributed by atoms with Gasteiger partial charge >= 0.3 is 0 Å². The number of anilines is 1. The van der Waals surface area contributed by atoms with Gasteiger partial charge in [0, 0.05) is 18.2 Å². The van der Waals surface area contributed by atoms with Crippen molar-refractivity contribution in [1.82, 2.24) is 10.6 Å². The highest BCUT2D eigenvalue weighted by Crippen LogP contribution is 2.19. The quantitative estimate of drug-likeness (QED) is 0.725. The summed E-state index contributed by atoms with van der Waals surface area (Å²) in [5, 5.41) is 6.20. The molecule has 1 unspecified atom stereocenters. The van der Waals surface area contributed by atoms with Crippen molar-refractivity contribution in [1.29, 1.82) is 0 Å². The van der Waals surface area contributed by atoms with Crippen LogP contribution < -0.4 is 15.4 Å². The Hall–Kier alpha value is -2.38. The monoisotopic (exact) mass is 373 g/mol. The van der Waals surface area contributed by atoms with Crippen LogP contribution in [0.2, 0.25) is 0 Å². The van der Waals surface area contributed by atoms with E-state index in [2.05, 4.69) is 15.4 Å². The first-order valence-corrected chi connectivity index (χ1v) is 10.1. The molecular formula is C19H23N3O3S. The summed E-state index contributed by atoms with van der Waals surface area (Å²) >= 11 is 0. The fraction of sp³-hybridized carbons (Fsp3) is 0.316. The van der Waals surface area contributed by atoms with Gasteiger partial charge in [-0.05, 0) is 62.2 Å². The van der Waals surface area contributed by atoms with Crippen LogP contribution in [-0.4, -0.2) is 33.5 Å². The van der Waals surface area contributed by atoms with Gasteiger partial charge in [0.25, 0.3) is 15.9 Å². The van der Waals surface area contributed by atoms with E-state index < -0.39 is 10.0 Å². The molecule has 2 aromatic carbocycles. The standard InChI is InChI=1S/C19H23N3O3S/c1-14-5-2-3-7-18(14)22-26(24,25)17-10-8-15(9-11-17)19(23)21-13-16-6-4-12-20-16/h2-3,5,7-11,16,20,22H,4,6,12-13H2,1H3,(H,21,23). The molecule has 0 saturated carbocycles. The number of carbonyl (C=O) groups excluding carboxylic acids is 1. The van der Waals surface area contributed by atoms with Gasteiger partial charge in [-0.15, -0.1) is 0 Å². The Balaban J connectivity index is 1.66. The number of rotatable bonds is 6. The van der Waals surface area contributed by atoms with Crippen LogP contribution in [0.3, 0.4) is 0 Å². The van der Waals surface area contributed by atoms with Crippen LogP contribution in [0.15, 0.2) is 53.4 Å². The van der Waals surface area contributed by atoms with Crippen molar-refractivity contribution < 1.29 is 13.2 Å². The van der Waals surface area contributed by atoms with Crippen LogP contribution >= 0.6 is 0 Å². The molecule has 1 heterocycles. The normalized spacial score (nSPS) is 17.0. The van der Waals surface area contributed by atoms with Gasteiger partial charge < -0.3 is 10.6 Å². The summed E-state index contributed by atoms with van der Waals surface area (Å²) in [5.41, 5.74) is 1.82. The molecule has 6 nitrogen and oxygen atoms in total. The first-order valence-electron chi connectivity index (χ1n) is 8.66. The largest absolute Gasteiger partial charge is 0.350 e. The zero-order chi connectivity index (χ0) is 18.6. The van der Waals surface area contributed by atoms with Gasteiger partial charge in [-0.25, -0.2) is 8.42 Å². The lowest BCUT2D eigenvalue weighted by Crippen LogP contribution is -2.37. The summed E-state index contributed by atoms with van der Waals surface area (Å²) in [6.07, 6.45) is 2.18. The molecule has 1 aliphatic heterocycles. The number of benzene rings is 2. The topological polar surface area (TPSA) is 87.3 Å². The van der Waals surface area contributed by atoms with Gasteiger partial charge in [-0.2, -0.15) is 0 Å². The molecule has 3 rings (SSSR count). The minimum atomic E-state index is -3.70. The van der Waals surface area contributed by atoms with Crippen molar-refractivity contribution in [2.75, 3.05) is 17.8 Å². The molecule has 1 atom stereocenters. The van der Waals surface area contributed by atoms with Crippen LogP contribution in [0.4, 0.5) is 5.69 Å². The predicted octanol–water partition coefficient (Wildman–Crippen LogP) is 2.28. The van der Waals surface area contributed by atoms with Gasteiger partial charge in [0.15, 0.2) is 0 Å². The minimum absolute atomic E-state index is 0.120. The van der Waals surface area contributed by atoms with Crippen molar-refractivity contribution in [3.05, 3.63) is 59.7 Å². The summed E-state index contributed by atoms with van der Waals surface area (Å²) in [6, 6.07) is 13.5. The molecule has 1 fully saturated rings. The van der Waals surface area contributed by atoms with E-state index >= 15 is 0 Å². The van der Waals surface area contributed by atoms with E-state index in [-0.39, 0.29) is 10.8 Å². The molecule has 138 valence electrons. The summed E-state index contributed by atoms with van der Waals surface area (Å²) < 4.78 is 27.6. The molecular weight excluding hydrogens is 350 g/mol. The highest BCUT2D eigenvalue weighted by molar-refractivity contribution is 7.92. The average molecular weight is 373 g/mol. The number of sulfonamides is 1. The molecule has 26 heavy (non-hydrogen) atoms. The van der Waals surface area contributed by atoms with Gasteiger partial charge in [-0.3, -0.25) is 9.52 Å². The molecule has 0 radical (unpaired) electrons. The summed E-state index contributed by atoms with van der Waals surface area (Å²) in [7, 11) is -3.70. The second kappa shape index (κ2) is 7.88. The molecule has 0 aromatic heterocycles. The number of amides is 1. The predicted molar refractivity (Wildman–Crippen MR) is 102 cm³/mol. The average Bonchev–Trinajstić information content (AvgIpc) is 3.15. The lowest BCUT2D eigenvalue weighted by Gasteiger charge is -2.12. The van der Waals surface area contributed by atoms with Crippen molar-refractivity contribution >= 4 is 21.6 Å². The lowest BCUT2D eigenvalue weighted by atomic mass is 10.2. The van der Waals surface area contributed by atoms with Crippen molar-refractivity contribution in [2.24, 2.45) is 0 Å². The Bertz CT molecular complexity index is 873. The first kappa shape index (κ1) is 18.4. The van der Waals surface area contributed by atoms with E-state index in [1.54, 1.807) is 12.1 Å². The Morgan fingerprint density at radius 1 is 1.15 bits per heavy atom. The third-order valence-corrected chi connectivity index (χ3v) is 5.87. The zero-order valence-electron chi connectivity index (χ0n) is 14.7. The number of nitrogens with one attached hydrogen (secondary N) is 3. The molecule has 1 saturated heterocycles. The molecule has 0 bridgehead atoms. The van der Waals surface area contributed by atoms with E-state index in [0.717, 1.165) is 24.9 Å². The lowest BCUT2D eigenvalue weighted by molar-refractivity contribution is 0.0950. The van der Waals surface area contributed by atoms with Gasteiger partial charge in [0.1, 0.15) is 0 Å². The first-order chi connectivity index (χ1) is 12.5. The molecule has 2 aromatic rings. The summed E-state index contributed by atoms with van der Waals surface area (Å²) in [6.45, 7) is 3.40. The van der Waals surface area contributed by atoms with Crippen LogP contribution in [-0.2, 0) is 10.0 Å². The zero-order valence-corrected chi connectivity index (χ0v) is 15.5. The van der Waals surface area contributed by atoms with Crippen molar-refractivity contribution in [2.45, 2.75) is 30.7 Å². The number of aryl methyl sites for hydroxylation is 1. The molecule has 1 amide bonds. The maximum absolute atomic E-state index is 12.5. The Labute approximate surface area is 154 Å². The number of para-hydroxylation sites is 1. The van der Waals surface area contributed by atoms with Gasteiger partial charge in [0.05, 0.1) is 10.6 Å². The van der Waals surface area contributed by atoms with Crippen LogP contribution in [0.5, 0.6) is 0 Å². The Kier molecular flexibility index (Phi) is 5.58. The van der Waals surface area contributed by atoms with E-state index in [0.29, 0.717) is 23.8 Å². The maximum atomic E-state index is 12.5. The van der Waals surface area contributed by atoms with Crippen LogP contribution in [0.25, 0.3) is 0 Å². The third kappa shape index (κ3) is 4.42. The smallest absolute Gasteiger partial charge is 0.261 e. The number of hydrogen-bond acceptors (Lipinski definition) is 4. The van der Waals surface area contributed by atoms with Crippen LogP contribution in [0.1, 0.15) is 28.8 Å². The molecule has 3 N–H and O–H groups in total. The number of carbonyl (C=O) groups is 1. The van der Waals surface area contributed by atoms with Crippen molar-refractivity contribution in [3.63, 3.8) is 0 Å². The van der Waals surface area contributed by atoms with Gasteiger partial charge in [-0.1, -0.05) is 18.2 Å². The summed E-state index contributed by atoms with van der Waals surface area (Å²) in [4.78, 5) is 12.3. The number of hydrogen-bond donors (Lipinski definition) is 3. The highest BCUT2D eigenvalue weighted by Gasteiger charge is 2.17. The van der Waals surface area contributed by atoms with Crippen molar-refractivity contribution in [3.8, 4) is 0 Å². The Morgan fingerprint density at radius 3 is 2.54 bits per heavy atom.